The van der Waals surface area contributed by atoms with Crippen LogP contribution in [0, 0.1) is 0 Å². The number of anilines is 2. The Kier molecular flexibility index (Phi) is 4.66. The predicted octanol–water partition coefficient (Wildman–Crippen LogP) is 4.44. The predicted molar refractivity (Wildman–Crippen MR) is 106 cm³/mol. The third kappa shape index (κ3) is 2.98. The zero-order valence-electron chi connectivity index (χ0n) is 15.7. The number of amides is 1. The van der Waals surface area contributed by atoms with Crippen LogP contribution in [0.1, 0.15) is 55.5 Å². The molecule has 0 radical (unpaired) electrons. The smallest absolute Gasteiger partial charge is 0.260 e. The molecule has 0 saturated carbocycles. The monoisotopic (exact) mass is 349 g/mol. The van der Waals surface area contributed by atoms with Crippen LogP contribution in [-0.2, 0) is 6.42 Å². The van der Waals surface area contributed by atoms with Gasteiger partial charge in [-0.2, -0.15) is 0 Å². The van der Waals surface area contributed by atoms with Crippen molar-refractivity contribution in [2.24, 2.45) is 0 Å². The molecule has 2 aromatic rings. The van der Waals surface area contributed by atoms with Crippen molar-refractivity contribution >= 4 is 17.4 Å². The Hall–Kier alpha value is -2.36. The molecule has 2 aliphatic rings. The summed E-state index contributed by atoms with van der Waals surface area (Å²) in [6.45, 7) is 5.42. The largest absolute Gasteiger partial charge is 0.354 e. The highest BCUT2D eigenvalue weighted by molar-refractivity contribution is 6.07. The standard InChI is InChI=1S/C22H27N3O/c1-3-19-9-6-7-13-24(19)21-12-11-18(15-23-21)22(26)25-16(2)14-17-8-4-5-10-20(17)25/h4-5,8,10-12,15-16,19H,3,6-7,9,13-14H2,1-2H3. The normalized spacial score (nSPS) is 22.4. The number of para-hydroxylation sites is 1. The molecular formula is C22H27N3O. The molecular weight excluding hydrogens is 322 g/mol. The van der Waals surface area contributed by atoms with Crippen LogP contribution in [-0.4, -0.2) is 29.5 Å². The Morgan fingerprint density at radius 1 is 1.19 bits per heavy atom. The molecule has 26 heavy (non-hydrogen) atoms. The first kappa shape index (κ1) is 17.1. The molecule has 4 heteroatoms. The van der Waals surface area contributed by atoms with Crippen LogP contribution in [0.4, 0.5) is 11.5 Å². The van der Waals surface area contributed by atoms with Crippen molar-refractivity contribution in [1.82, 2.24) is 4.98 Å². The number of carbonyl (C=O) groups is 1. The minimum absolute atomic E-state index is 0.0483. The Bertz CT molecular complexity index is 786. The molecule has 136 valence electrons. The minimum Gasteiger partial charge on any atom is -0.354 e. The van der Waals surface area contributed by atoms with Crippen molar-refractivity contribution < 1.29 is 4.79 Å². The SMILES string of the molecule is CCC1CCCCN1c1ccc(C(=O)N2c3ccccc3CC2C)cn1. The van der Waals surface area contributed by atoms with Crippen LogP contribution >= 0.6 is 0 Å². The average Bonchev–Trinajstić information content (AvgIpc) is 3.03. The summed E-state index contributed by atoms with van der Waals surface area (Å²) in [6.07, 6.45) is 7.58. The van der Waals surface area contributed by atoms with Crippen LogP contribution in [0.15, 0.2) is 42.6 Å². The number of nitrogens with zero attached hydrogens (tertiary/aromatic N) is 3. The number of piperidine rings is 1. The number of fused-ring (bicyclic) bond motifs is 1. The van der Waals surface area contributed by atoms with E-state index < -0.39 is 0 Å². The van der Waals surface area contributed by atoms with Crippen LogP contribution in [0.3, 0.4) is 0 Å². The molecule has 1 amide bonds. The Morgan fingerprint density at radius 2 is 2.04 bits per heavy atom. The van der Waals surface area contributed by atoms with Crippen LogP contribution in [0.2, 0.25) is 0 Å². The van der Waals surface area contributed by atoms with Gasteiger partial charge in [0.1, 0.15) is 5.82 Å². The van der Waals surface area contributed by atoms with Crippen molar-refractivity contribution in [1.29, 1.82) is 0 Å². The third-order valence-electron chi connectivity index (χ3n) is 5.81. The van der Waals surface area contributed by atoms with E-state index in [2.05, 4.69) is 29.8 Å². The number of carbonyl (C=O) groups excluding carboxylic acids is 1. The van der Waals surface area contributed by atoms with Crippen molar-refractivity contribution in [3.05, 3.63) is 53.7 Å². The average molecular weight is 349 g/mol. The van der Waals surface area contributed by atoms with Gasteiger partial charge in [-0.25, -0.2) is 4.98 Å². The minimum atomic E-state index is 0.0483. The van der Waals surface area contributed by atoms with Gasteiger partial charge in [-0.3, -0.25) is 4.79 Å². The van der Waals surface area contributed by atoms with Gasteiger partial charge in [0.15, 0.2) is 0 Å². The molecule has 0 spiro atoms. The number of pyridine rings is 1. The van der Waals surface area contributed by atoms with E-state index in [-0.39, 0.29) is 11.9 Å². The van der Waals surface area contributed by atoms with E-state index in [1.54, 1.807) is 6.20 Å². The van der Waals surface area contributed by atoms with Crippen molar-refractivity contribution in [3.8, 4) is 0 Å². The highest BCUT2D eigenvalue weighted by Gasteiger charge is 2.31. The van der Waals surface area contributed by atoms with Gasteiger partial charge in [0, 0.05) is 30.5 Å². The molecule has 1 aromatic carbocycles. The second-order valence-corrected chi connectivity index (χ2v) is 7.51. The van der Waals surface area contributed by atoms with Crippen LogP contribution in [0.25, 0.3) is 0 Å². The van der Waals surface area contributed by atoms with Crippen molar-refractivity contribution in [2.45, 2.75) is 58.0 Å². The highest BCUT2D eigenvalue weighted by atomic mass is 16.2. The summed E-state index contributed by atoms with van der Waals surface area (Å²) in [5.74, 6) is 1.05. The van der Waals surface area contributed by atoms with Gasteiger partial charge in [0.25, 0.3) is 5.91 Å². The van der Waals surface area contributed by atoms with Gasteiger partial charge < -0.3 is 9.80 Å². The highest BCUT2D eigenvalue weighted by Crippen LogP contribution is 2.33. The summed E-state index contributed by atoms with van der Waals surface area (Å²) in [4.78, 5) is 22.1. The van der Waals surface area contributed by atoms with Gasteiger partial charge in [0.2, 0.25) is 0 Å². The number of rotatable bonds is 3. The lowest BCUT2D eigenvalue weighted by molar-refractivity contribution is 0.0981. The molecule has 1 fully saturated rings. The molecule has 4 nitrogen and oxygen atoms in total. The molecule has 3 heterocycles. The molecule has 2 atom stereocenters. The molecule has 1 saturated heterocycles. The lowest BCUT2D eigenvalue weighted by Crippen LogP contribution is -2.39. The topological polar surface area (TPSA) is 36.4 Å². The zero-order valence-corrected chi connectivity index (χ0v) is 15.7. The first-order valence-corrected chi connectivity index (χ1v) is 9.83. The fourth-order valence-electron chi connectivity index (χ4n) is 4.42. The summed E-state index contributed by atoms with van der Waals surface area (Å²) < 4.78 is 0. The summed E-state index contributed by atoms with van der Waals surface area (Å²) in [7, 11) is 0. The lowest BCUT2D eigenvalue weighted by atomic mass is 10.00. The summed E-state index contributed by atoms with van der Waals surface area (Å²) in [6, 6.07) is 12.9. The number of hydrogen-bond acceptors (Lipinski definition) is 3. The molecule has 4 rings (SSSR count). The number of benzene rings is 1. The van der Waals surface area contributed by atoms with Crippen molar-refractivity contribution in [3.63, 3.8) is 0 Å². The molecule has 0 bridgehead atoms. The second-order valence-electron chi connectivity index (χ2n) is 7.51. The van der Waals surface area contributed by atoms with Crippen LogP contribution < -0.4 is 9.80 Å². The van der Waals surface area contributed by atoms with Crippen molar-refractivity contribution in [2.75, 3.05) is 16.3 Å². The molecule has 2 aliphatic heterocycles. The lowest BCUT2D eigenvalue weighted by Gasteiger charge is -2.36. The maximum absolute atomic E-state index is 13.1. The van der Waals surface area contributed by atoms with Gasteiger partial charge in [-0.1, -0.05) is 25.1 Å². The fraction of sp³-hybridized carbons (Fsp3) is 0.455. The quantitative estimate of drug-likeness (QED) is 0.822. The summed E-state index contributed by atoms with van der Waals surface area (Å²) in [5, 5.41) is 0. The molecule has 0 aliphatic carbocycles. The molecule has 0 N–H and O–H groups in total. The van der Waals surface area contributed by atoms with E-state index in [1.807, 2.05) is 35.2 Å². The van der Waals surface area contributed by atoms with E-state index >= 15 is 0 Å². The van der Waals surface area contributed by atoms with Gasteiger partial charge in [-0.15, -0.1) is 0 Å². The fourth-order valence-corrected chi connectivity index (χ4v) is 4.42. The van der Waals surface area contributed by atoms with Gasteiger partial charge >= 0.3 is 0 Å². The first-order chi connectivity index (χ1) is 12.7. The maximum Gasteiger partial charge on any atom is 0.260 e. The zero-order chi connectivity index (χ0) is 18.1. The van der Waals surface area contributed by atoms with Crippen LogP contribution in [0.5, 0.6) is 0 Å². The molecule has 1 aromatic heterocycles. The molecule has 2 unspecified atom stereocenters. The third-order valence-corrected chi connectivity index (χ3v) is 5.81. The van der Waals surface area contributed by atoms with E-state index in [0.717, 1.165) is 30.9 Å². The Balaban J connectivity index is 1.56. The first-order valence-electron chi connectivity index (χ1n) is 9.83. The van der Waals surface area contributed by atoms with E-state index in [0.29, 0.717) is 11.6 Å². The van der Waals surface area contributed by atoms with E-state index in [9.17, 15) is 4.79 Å². The summed E-state index contributed by atoms with van der Waals surface area (Å²) in [5.41, 5.74) is 2.95. The van der Waals surface area contributed by atoms with E-state index in [4.69, 9.17) is 0 Å². The number of aromatic nitrogens is 1. The van der Waals surface area contributed by atoms with Gasteiger partial charge in [-0.05, 0) is 62.8 Å². The maximum atomic E-state index is 13.1. The number of hydrogen-bond donors (Lipinski definition) is 0. The Morgan fingerprint density at radius 3 is 2.81 bits per heavy atom. The summed E-state index contributed by atoms with van der Waals surface area (Å²) >= 11 is 0. The Labute approximate surface area is 155 Å². The second kappa shape index (κ2) is 7.10. The van der Waals surface area contributed by atoms with E-state index in [1.165, 1.54) is 24.8 Å². The van der Waals surface area contributed by atoms with Gasteiger partial charge in [0.05, 0.1) is 5.56 Å².